The highest BCUT2D eigenvalue weighted by molar-refractivity contribution is 5.79. The van der Waals surface area contributed by atoms with Gasteiger partial charge in [-0.25, -0.2) is 0 Å². The summed E-state index contributed by atoms with van der Waals surface area (Å²) in [5.41, 5.74) is 5.41. The van der Waals surface area contributed by atoms with Gasteiger partial charge in [0, 0.05) is 21.2 Å². The summed E-state index contributed by atoms with van der Waals surface area (Å²) in [7, 11) is 4.85. The number of nitrogens with one attached hydrogen (secondary N) is 1. The maximum Gasteiger partial charge on any atom is 0.236 e. The molecular formula is C13H27N3O3. The van der Waals surface area contributed by atoms with E-state index in [-0.39, 0.29) is 42.8 Å². The van der Waals surface area contributed by atoms with Gasteiger partial charge >= 0.3 is 0 Å². The normalized spacial score (nSPS) is 15.5. The Morgan fingerprint density at radius 3 is 2.37 bits per heavy atom. The number of carbonyl (C=O) groups excluding carboxylic acids is 2. The van der Waals surface area contributed by atoms with Crippen molar-refractivity contribution >= 4 is 11.8 Å². The third kappa shape index (κ3) is 5.16. The zero-order valence-electron chi connectivity index (χ0n) is 12.6. The molecule has 0 saturated carbocycles. The van der Waals surface area contributed by atoms with E-state index in [0.29, 0.717) is 0 Å². The molecule has 0 aromatic carbocycles. The number of amides is 2. The average Bonchev–Trinajstić information content (AvgIpc) is 2.44. The predicted octanol–water partition coefficient (Wildman–Crippen LogP) is -0.0307. The molecule has 112 valence electrons. The van der Waals surface area contributed by atoms with Crippen molar-refractivity contribution in [2.24, 2.45) is 11.7 Å². The summed E-state index contributed by atoms with van der Waals surface area (Å²) in [4.78, 5) is 24.9. The van der Waals surface area contributed by atoms with Crippen LogP contribution in [-0.4, -0.2) is 56.6 Å². The molecule has 0 bridgehead atoms. The first-order valence-electron chi connectivity index (χ1n) is 6.61. The Labute approximate surface area is 115 Å². The first kappa shape index (κ1) is 17.9. The molecule has 2 amide bonds. The molecule has 0 aromatic rings. The molecule has 0 aliphatic heterocycles. The van der Waals surface area contributed by atoms with Gasteiger partial charge < -0.3 is 20.7 Å². The SMILES string of the molecule is CCC(C)C(C(CC(=O)NC)OC)N(C)C(=O)CN. The van der Waals surface area contributed by atoms with Crippen molar-refractivity contribution in [2.45, 2.75) is 38.8 Å². The second kappa shape index (κ2) is 8.87. The largest absolute Gasteiger partial charge is 0.379 e. The number of likely N-dealkylation sites (N-methyl/N-ethyl adjacent to an activating group) is 1. The molecular weight excluding hydrogens is 246 g/mol. The third-order valence-electron chi connectivity index (χ3n) is 3.59. The summed E-state index contributed by atoms with van der Waals surface area (Å²) in [6, 6.07) is -0.164. The van der Waals surface area contributed by atoms with Crippen LogP contribution in [0.25, 0.3) is 0 Å². The van der Waals surface area contributed by atoms with Crippen molar-refractivity contribution < 1.29 is 14.3 Å². The molecule has 6 heteroatoms. The van der Waals surface area contributed by atoms with Gasteiger partial charge in [0.1, 0.15) is 0 Å². The first-order chi connectivity index (χ1) is 8.92. The molecule has 0 rings (SSSR count). The zero-order chi connectivity index (χ0) is 15.0. The van der Waals surface area contributed by atoms with E-state index in [1.807, 2.05) is 13.8 Å². The Kier molecular flexibility index (Phi) is 8.34. The molecule has 0 aromatic heterocycles. The van der Waals surface area contributed by atoms with Gasteiger partial charge in [-0.05, 0) is 5.92 Å². The first-order valence-corrected chi connectivity index (χ1v) is 6.61. The number of ether oxygens (including phenoxy) is 1. The molecule has 0 aliphatic rings. The monoisotopic (exact) mass is 273 g/mol. The van der Waals surface area contributed by atoms with Gasteiger partial charge in [-0.15, -0.1) is 0 Å². The molecule has 0 saturated heterocycles. The smallest absolute Gasteiger partial charge is 0.236 e. The van der Waals surface area contributed by atoms with Crippen LogP contribution in [0, 0.1) is 5.92 Å². The van der Waals surface area contributed by atoms with Crippen molar-refractivity contribution in [2.75, 3.05) is 27.7 Å². The summed E-state index contributed by atoms with van der Waals surface area (Å²) in [6.45, 7) is 4.05. The molecule has 3 unspecified atom stereocenters. The minimum Gasteiger partial charge on any atom is -0.379 e. The minimum atomic E-state index is -0.338. The number of rotatable bonds is 8. The average molecular weight is 273 g/mol. The Morgan fingerprint density at radius 2 is 2.00 bits per heavy atom. The van der Waals surface area contributed by atoms with Gasteiger partial charge in [-0.1, -0.05) is 20.3 Å². The molecule has 3 atom stereocenters. The summed E-state index contributed by atoms with van der Waals surface area (Å²) >= 11 is 0. The van der Waals surface area contributed by atoms with E-state index in [0.717, 1.165) is 6.42 Å². The van der Waals surface area contributed by atoms with Crippen LogP contribution in [0.15, 0.2) is 0 Å². The Hall–Kier alpha value is -1.14. The molecule has 0 fully saturated rings. The lowest BCUT2D eigenvalue weighted by molar-refractivity contribution is -0.137. The van der Waals surface area contributed by atoms with Gasteiger partial charge in [0.25, 0.3) is 0 Å². The predicted molar refractivity (Wildman–Crippen MR) is 74.5 cm³/mol. The van der Waals surface area contributed by atoms with E-state index >= 15 is 0 Å². The standard InChI is InChI=1S/C13H27N3O3/c1-6-9(2)13(16(4)12(18)8-14)10(19-5)7-11(17)15-3/h9-10,13H,6-8,14H2,1-5H3,(H,15,17). The van der Waals surface area contributed by atoms with Gasteiger partial charge in [0.2, 0.25) is 11.8 Å². The summed E-state index contributed by atoms with van der Waals surface area (Å²) in [6.07, 6.45) is 0.778. The van der Waals surface area contributed by atoms with Gasteiger partial charge in [-0.2, -0.15) is 0 Å². The second-order valence-electron chi connectivity index (χ2n) is 4.74. The topological polar surface area (TPSA) is 84.7 Å². The minimum absolute atomic E-state index is 0.0418. The Bertz CT molecular complexity index is 297. The van der Waals surface area contributed by atoms with Crippen molar-refractivity contribution in [1.29, 1.82) is 0 Å². The van der Waals surface area contributed by atoms with Crippen LogP contribution < -0.4 is 11.1 Å². The second-order valence-corrected chi connectivity index (χ2v) is 4.74. The number of carbonyl (C=O) groups is 2. The lowest BCUT2D eigenvalue weighted by Gasteiger charge is -2.37. The van der Waals surface area contributed by atoms with Crippen LogP contribution >= 0.6 is 0 Å². The fourth-order valence-corrected chi connectivity index (χ4v) is 2.18. The van der Waals surface area contributed by atoms with E-state index < -0.39 is 0 Å². The molecule has 0 aliphatic carbocycles. The highest BCUT2D eigenvalue weighted by Crippen LogP contribution is 2.21. The van der Waals surface area contributed by atoms with Crippen LogP contribution in [0.3, 0.4) is 0 Å². The van der Waals surface area contributed by atoms with Crippen molar-refractivity contribution in [3.63, 3.8) is 0 Å². The van der Waals surface area contributed by atoms with Crippen molar-refractivity contribution in [1.82, 2.24) is 10.2 Å². The third-order valence-corrected chi connectivity index (χ3v) is 3.59. The highest BCUT2D eigenvalue weighted by atomic mass is 16.5. The Morgan fingerprint density at radius 1 is 1.42 bits per heavy atom. The molecule has 0 heterocycles. The van der Waals surface area contributed by atoms with Gasteiger partial charge in [0.05, 0.1) is 25.1 Å². The van der Waals surface area contributed by atoms with Crippen LogP contribution in [0.5, 0.6) is 0 Å². The molecule has 0 spiro atoms. The van der Waals surface area contributed by atoms with E-state index in [1.54, 1.807) is 26.1 Å². The summed E-state index contributed by atoms with van der Waals surface area (Å²) < 4.78 is 5.43. The van der Waals surface area contributed by atoms with Crippen molar-refractivity contribution in [3.8, 4) is 0 Å². The molecule has 3 N–H and O–H groups in total. The summed E-state index contributed by atoms with van der Waals surface area (Å²) in [5.74, 6) is -0.0342. The van der Waals surface area contributed by atoms with Crippen LogP contribution in [-0.2, 0) is 14.3 Å². The maximum atomic E-state index is 11.8. The number of nitrogens with zero attached hydrogens (tertiary/aromatic N) is 1. The van der Waals surface area contributed by atoms with E-state index in [2.05, 4.69) is 5.32 Å². The fourth-order valence-electron chi connectivity index (χ4n) is 2.18. The molecule has 0 radical (unpaired) electrons. The number of hydrogen-bond acceptors (Lipinski definition) is 4. The highest BCUT2D eigenvalue weighted by Gasteiger charge is 2.33. The van der Waals surface area contributed by atoms with Gasteiger partial charge in [0.15, 0.2) is 0 Å². The zero-order valence-corrected chi connectivity index (χ0v) is 12.6. The maximum absolute atomic E-state index is 11.8. The fraction of sp³-hybridized carbons (Fsp3) is 0.846. The molecule has 6 nitrogen and oxygen atoms in total. The molecule has 19 heavy (non-hydrogen) atoms. The van der Waals surface area contributed by atoms with Crippen molar-refractivity contribution in [3.05, 3.63) is 0 Å². The van der Waals surface area contributed by atoms with E-state index in [4.69, 9.17) is 10.5 Å². The lowest BCUT2D eigenvalue weighted by Crippen LogP contribution is -2.51. The number of methoxy groups -OCH3 is 1. The van der Waals surface area contributed by atoms with E-state index in [1.165, 1.54) is 0 Å². The van der Waals surface area contributed by atoms with Crippen LogP contribution in [0.1, 0.15) is 26.7 Å². The van der Waals surface area contributed by atoms with Crippen LogP contribution in [0.4, 0.5) is 0 Å². The quantitative estimate of drug-likeness (QED) is 0.650. The Balaban J connectivity index is 5.08. The number of hydrogen-bond donors (Lipinski definition) is 2. The van der Waals surface area contributed by atoms with Crippen LogP contribution in [0.2, 0.25) is 0 Å². The lowest BCUT2D eigenvalue weighted by atomic mass is 9.91. The van der Waals surface area contributed by atoms with E-state index in [9.17, 15) is 9.59 Å². The summed E-state index contributed by atoms with van der Waals surface area (Å²) in [5, 5.41) is 2.58. The van der Waals surface area contributed by atoms with Gasteiger partial charge in [-0.3, -0.25) is 9.59 Å². The number of nitrogens with two attached hydrogens (primary N) is 1.